The molecule has 27 heavy (non-hydrogen) atoms. The van der Waals surface area contributed by atoms with Crippen molar-refractivity contribution in [2.45, 2.75) is 5.75 Å². The van der Waals surface area contributed by atoms with Gasteiger partial charge in [-0.05, 0) is 48.5 Å². The number of ether oxygens (including phenoxy) is 2. The second-order valence-corrected chi connectivity index (χ2v) is 7.95. The summed E-state index contributed by atoms with van der Waals surface area (Å²) in [5.41, 5.74) is 0.863. The zero-order valence-corrected chi connectivity index (χ0v) is 15.4. The molecular weight excluding hydrogens is 373 g/mol. The molecule has 0 saturated heterocycles. The lowest BCUT2D eigenvalue weighted by atomic mass is 10.2. The first-order valence-corrected chi connectivity index (χ1v) is 9.95. The fourth-order valence-corrected chi connectivity index (χ4v) is 3.42. The molecule has 0 saturated carbocycles. The molecule has 8 heteroatoms. The number of nitrogens with zero attached hydrogens (tertiary/aromatic N) is 1. The van der Waals surface area contributed by atoms with Crippen LogP contribution in [0.2, 0.25) is 0 Å². The first-order valence-electron chi connectivity index (χ1n) is 8.13. The Morgan fingerprint density at radius 3 is 2.37 bits per heavy atom. The van der Waals surface area contributed by atoms with Crippen LogP contribution in [0.15, 0.2) is 59.2 Å². The molecule has 0 amide bonds. The van der Waals surface area contributed by atoms with E-state index in [0.717, 1.165) is 0 Å². The Kier molecular flexibility index (Phi) is 5.75. The van der Waals surface area contributed by atoms with Gasteiger partial charge in [0.25, 0.3) is 0 Å². The van der Waals surface area contributed by atoms with Gasteiger partial charge in [0.05, 0.1) is 24.3 Å². The summed E-state index contributed by atoms with van der Waals surface area (Å²) >= 11 is 0. The Bertz CT molecular complexity index is 982. The minimum absolute atomic E-state index is 0.0251. The van der Waals surface area contributed by atoms with Crippen molar-refractivity contribution >= 4 is 9.84 Å². The van der Waals surface area contributed by atoms with Crippen molar-refractivity contribution in [1.29, 1.82) is 0 Å². The number of rotatable bonds is 8. The second-order valence-electron chi connectivity index (χ2n) is 5.77. The zero-order valence-electron chi connectivity index (χ0n) is 14.6. The molecule has 142 valence electrons. The summed E-state index contributed by atoms with van der Waals surface area (Å²) in [5.74, 6) is 0.713. The summed E-state index contributed by atoms with van der Waals surface area (Å²) in [6.07, 6.45) is 1.29. The fraction of sp³-hybridized carbons (Fsp3) is 0.211. The predicted octanol–water partition coefficient (Wildman–Crippen LogP) is 3.48. The molecule has 0 aliphatic carbocycles. The summed E-state index contributed by atoms with van der Waals surface area (Å²) in [6, 6.07) is 12.5. The molecule has 0 aliphatic rings. The van der Waals surface area contributed by atoms with Crippen molar-refractivity contribution < 1.29 is 26.7 Å². The molecule has 0 fully saturated rings. The van der Waals surface area contributed by atoms with E-state index in [4.69, 9.17) is 13.9 Å². The Balaban J connectivity index is 1.55. The van der Waals surface area contributed by atoms with Crippen LogP contribution in [0.1, 0.15) is 5.69 Å². The van der Waals surface area contributed by atoms with Crippen LogP contribution in [0.5, 0.6) is 11.5 Å². The lowest BCUT2D eigenvalue weighted by Gasteiger charge is -2.07. The van der Waals surface area contributed by atoms with Gasteiger partial charge < -0.3 is 13.9 Å². The van der Waals surface area contributed by atoms with Gasteiger partial charge in [-0.2, -0.15) is 0 Å². The summed E-state index contributed by atoms with van der Waals surface area (Å²) in [4.78, 5) is 4.16. The third-order valence-electron chi connectivity index (χ3n) is 3.73. The maximum Gasteiger partial charge on any atom is 0.226 e. The number of halogens is 1. The molecule has 3 aromatic rings. The average Bonchev–Trinajstić information content (AvgIpc) is 3.10. The van der Waals surface area contributed by atoms with Crippen LogP contribution >= 0.6 is 0 Å². The number of aromatic nitrogens is 1. The van der Waals surface area contributed by atoms with E-state index in [2.05, 4.69) is 4.98 Å². The van der Waals surface area contributed by atoms with Crippen molar-refractivity contribution in [2.24, 2.45) is 0 Å². The molecule has 0 atom stereocenters. The Hall–Kier alpha value is -2.87. The maximum atomic E-state index is 13.0. The monoisotopic (exact) mass is 391 g/mol. The quantitative estimate of drug-likeness (QED) is 0.585. The molecule has 2 aromatic carbocycles. The fourth-order valence-electron chi connectivity index (χ4n) is 2.35. The van der Waals surface area contributed by atoms with Gasteiger partial charge in [-0.1, -0.05) is 0 Å². The average molecular weight is 391 g/mol. The highest BCUT2D eigenvalue weighted by molar-refractivity contribution is 7.90. The van der Waals surface area contributed by atoms with Gasteiger partial charge in [-0.15, -0.1) is 0 Å². The van der Waals surface area contributed by atoms with Crippen LogP contribution in [0.25, 0.3) is 11.5 Å². The van der Waals surface area contributed by atoms with E-state index in [1.165, 1.54) is 30.5 Å². The van der Waals surface area contributed by atoms with Crippen LogP contribution in [0.4, 0.5) is 4.39 Å². The zero-order chi connectivity index (χ0) is 19.3. The first kappa shape index (κ1) is 18.9. The van der Waals surface area contributed by atoms with Crippen LogP contribution in [0.3, 0.4) is 0 Å². The third kappa shape index (κ3) is 5.30. The van der Waals surface area contributed by atoms with Gasteiger partial charge in [0.1, 0.15) is 30.2 Å². The summed E-state index contributed by atoms with van der Waals surface area (Å²) in [6.45, 7) is 0.0251. The molecule has 0 unspecified atom stereocenters. The number of hydrogen-bond donors (Lipinski definition) is 0. The molecule has 6 nitrogen and oxygen atoms in total. The predicted molar refractivity (Wildman–Crippen MR) is 97.9 cm³/mol. The minimum Gasteiger partial charge on any atom is -0.497 e. The molecule has 0 aliphatic heterocycles. The number of benzene rings is 2. The van der Waals surface area contributed by atoms with Crippen LogP contribution in [0, 0.1) is 5.82 Å². The second kappa shape index (κ2) is 8.22. The van der Waals surface area contributed by atoms with Crippen LogP contribution in [-0.4, -0.2) is 32.9 Å². The molecule has 3 rings (SSSR count). The topological polar surface area (TPSA) is 78.6 Å². The molecular formula is C19H18FNO5S. The molecule has 0 bridgehead atoms. The van der Waals surface area contributed by atoms with Crippen LogP contribution in [-0.2, 0) is 15.6 Å². The Morgan fingerprint density at radius 1 is 1.04 bits per heavy atom. The van der Waals surface area contributed by atoms with Crippen molar-refractivity contribution in [3.05, 3.63) is 66.3 Å². The van der Waals surface area contributed by atoms with E-state index in [0.29, 0.717) is 22.8 Å². The SMILES string of the molecule is COc1ccc(OCCS(=O)(=O)Cc2coc(-c3ccc(F)cc3)n2)cc1. The summed E-state index contributed by atoms with van der Waals surface area (Å²) < 4.78 is 53.2. The number of sulfone groups is 1. The number of hydrogen-bond acceptors (Lipinski definition) is 6. The van der Waals surface area contributed by atoms with Crippen LogP contribution < -0.4 is 9.47 Å². The molecule has 0 radical (unpaired) electrons. The van der Waals surface area contributed by atoms with E-state index in [-0.39, 0.29) is 29.8 Å². The lowest BCUT2D eigenvalue weighted by Crippen LogP contribution is -2.16. The van der Waals surface area contributed by atoms with Crippen molar-refractivity contribution in [1.82, 2.24) is 4.98 Å². The number of methoxy groups -OCH3 is 1. The molecule has 0 N–H and O–H groups in total. The van der Waals surface area contributed by atoms with E-state index >= 15 is 0 Å². The first-order chi connectivity index (χ1) is 12.9. The molecule has 0 spiro atoms. The van der Waals surface area contributed by atoms with E-state index in [1.54, 1.807) is 31.4 Å². The van der Waals surface area contributed by atoms with E-state index in [1.807, 2.05) is 0 Å². The van der Waals surface area contributed by atoms with E-state index < -0.39 is 9.84 Å². The summed E-state index contributed by atoms with van der Waals surface area (Å²) in [7, 11) is -1.86. The normalized spacial score (nSPS) is 11.3. The molecule has 1 heterocycles. The lowest BCUT2D eigenvalue weighted by molar-refractivity contribution is 0.339. The minimum atomic E-state index is -3.43. The smallest absolute Gasteiger partial charge is 0.226 e. The van der Waals surface area contributed by atoms with Crippen molar-refractivity contribution in [2.75, 3.05) is 19.5 Å². The Labute approximate surface area is 156 Å². The van der Waals surface area contributed by atoms with Gasteiger partial charge >= 0.3 is 0 Å². The third-order valence-corrected chi connectivity index (χ3v) is 5.26. The van der Waals surface area contributed by atoms with E-state index in [9.17, 15) is 12.8 Å². The highest BCUT2D eigenvalue weighted by atomic mass is 32.2. The maximum absolute atomic E-state index is 13.0. The molecule has 1 aromatic heterocycles. The Morgan fingerprint density at radius 2 is 1.70 bits per heavy atom. The van der Waals surface area contributed by atoms with Gasteiger partial charge in [-0.3, -0.25) is 0 Å². The van der Waals surface area contributed by atoms with Gasteiger partial charge in [0.15, 0.2) is 9.84 Å². The summed E-state index contributed by atoms with van der Waals surface area (Å²) in [5, 5.41) is 0. The number of oxazole rings is 1. The van der Waals surface area contributed by atoms with Gasteiger partial charge in [0, 0.05) is 5.56 Å². The van der Waals surface area contributed by atoms with Gasteiger partial charge in [-0.25, -0.2) is 17.8 Å². The largest absolute Gasteiger partial charge is 0.497 e. The van der Waals surface area contributed by atoms with Crippen molar-refractivity contribution in [3.63, 3.8) is 0 Å². The van der Waals surface area contributed by atoms with Gasteiger partial charge in [0.2, 0.25) is 5.89 Å². The van der Waals surface area contributed by atoms with Crippen molar-refractivity contribution in [3.8, 4) is 23.0 Å². The standard InChI is InChI=1S/C19H18FNO5S/c1-24-17-6-8-18(9-7-17)25-10-11-27(22,23)13-16-12-26-19(21-16)14-2-4-15(20)5-3-14/h2-9,12H,10-11,13H2,1H3. The highest BCUT2D eigenvalue weighted by Gasteiger charge is 2.16. The highest BCUT2D eigenvalue weighted by Crippen LogP contribution is 2.20.